The van der Waals surface area contributed by atoms with Crippen molar-refractivity contribution in [3.63, 3.8) is 0 Å². The molecule has 0 saturated heterocycles. The average molecular weight is 224 g/mol. The molecule has 0 aliphatic carbocycles. The summed E-state index contributed by atoms with van der Waals surface area (Å²) in [5, 5.41) is 20.4. The number of hydrogen-bond donors (Lipinski definition) is 0. The maximum absolute atomic E-state index is 10.2. The number of hydrogen-bond acceptors (Lipinski definition) is 6. The van der Waals surface area contributed by atoms with Gasteiger partial charge in [0.15, 0.2) is 0 Å². The van der Waals surface area contributed by atoms with Crippen LogP contribution in [0.1, 0.15) is 25.7 Å². The Labute approximate surface area is 92.7 Å². The lowest BCUT2D eigenvalue weighted by molar-refractivity contribution is -0.306. The van der Waals surface area contributed by atoms with Crippen LogP contribution in [0.2, 0.25) is 0 Å². The Morgan fingerprint density at radius 1 is 0.938 bits per heavy atom. The first-order valence-electron chi connectivity index (χ1n) is 5.02. The molecule has 0 saturated carbocycles. The molecule has 0 aromatic heterocycles. The lowest BCUT2D eigenvalue weighted by Gasteiger charge is -2.13. The lowest BCUT2D eigenvalue weighted by Crippen LogP contribution is -2.26. The number of nitrogens with zero attached hydrogens (tertiary/aromatic N) is 2. The number of rotatable bonds is 6. The molecule has 0 radical (unpaired) electrons. The molecule has 6 heteroatoms. The zero-order chi connectivity index (χ0) is 12.0. The second kappa shape index (κ2) is 5.99. The van der Waals surface area contributed by atoms with Gasteiger partial charge in [0.2, 0.25) is 0 Å². The first-order chi connectivity index (χ1) is 7.58. The van der Waals surface area contributed by atoms with Crippen molar-refractivity contribution in [2.24, 2.45) is 9.98 Å². The van der Waals surface area contributed by atoms with Crippen molar-refractivity contribution in [2.45, 2.75) is 25.7 Å². The van der Waals surface area contributed by atoms with Gasteiger partial charge in [-0.25, -0.2) is 0 Å². The van der Waals surface area contributed by atoms with Gasteiger partial charge in [-0.3, -0.25) is 9.98 Å². The first-order valence-corrected chi connectivity index (χ1v) is 5.02. The van der Waals surface area contributed by atoms with Crippen LogP contribution in [0, 0.1) is 0 Å². The van der Waals surface area contributed by atoms with Crippen molar-refractivity contribution in [2.75, 3.05) is 13.1 Å². The zero-order valence-electron chi connectivity index (χ0n) is 8.77. The first kappa shape index (κ1) is 12.4. The highest BCUT2D eigenvalue weighted by atomic mass is 16.4. The minimum absolute atomic E-state index is 0.0528. The minimum Gasteiger partial charge on any atom is -0.550 e. The van der Waals surface area contributed by atoms with Gasteiger partial charge in [-0.15, -0.1) is 0 Å². The monoisotopic (exact) mass is 224 g/mol. The Morgan fingerprint density at radius 2 is 1.31 bits per heavy atom. The van der Waals surface area contributed by atoms with Crippen LogP contribution in [-0.2, 0) is 9.59 Å². The Bertz CT molecular complexity index is 313. The van der Waals surface area contributed by atoms with E-state index >= 15 is 0 Å². The van der Waals surface area contributed by atoms with Gasteiger partial charge < -0.3 is 19.8 Å². The molecular weight excluding hydrogens is 212 g/mol. The maximum Gasteiger partial charge on any atom is 0.0768 e. The van der Waals surface area contributed by atoms with Crippen LogP contribution in [0.25, 0.3) is 0 Å². The molecule has 0 N–H and O–H groups in total. The summed E-state index contributed by atoms with van der Waals surface area (Å²) in [6.45, 7) is 0.714. The van der Waals surface area contributed by atoms with Gasteiger partial charge in [-0.05, 0) is 25.7 Å². The summed E-state index contributed by atoms with van der Waals surface area (Å²) in [6.07, 6.45) is 0.588. The van der Waals surface area contributed by atoms with E-state index in [1.54, 1.807) is 0 Å². The second-order valence-corrected chi connectivity index (χ2v) is 3.51. The van der Waals surface area contributed by atoms with Crippen molar-refractivity contribution in [1.29, 1.82) is 0 Å². The molecule has 0 aromatic carbocycles. The molecule has 16 heavy (non-hydrogen) atoms. The van der Waals surface area contributed by atoms with E-state index in [0.717, 1.165) is 11.4 Å². The van der Waals surface area contributed by atoms with E-state index in [1.165, 1.54) is 0 Å². The molecule has 0 amide bonds. The maximum atomic E-state index is 10.2. The zero-order valence-corrected chi connectivity index (χ0v) is 8.77. The van der Waals surface area contributed by atoms with E-state index in [4.69, 9.17) is 0 Å². The van der Waals surface area contributed by atoms with Crippen molar-refractivity contribution in [3.05, 3.63) is 0 Å². The molecule has 1 aliphatic heterocycles. The van der Waals surface area contributed by atoms with Crippen LogP contribution in [0.15, 0.2) is 9.98 Å². The predicted molar refractivity (Wildman–Crippen MR) is 53.1 cm³/mol. The highest BCUT2D eigenvalue weighted by Crippen LogP contribution is 2.03. The topological polar surface area (TPSA) is 105 Å². The van der Waals surface area contributed by atoms with E-state index in [2.05, 4.69) is 9.98 Å². The molecule has 0 aromatic rings. The lowest BCUT2D eigenvalue weighted by atomic mass is 10.1. The normalized spacial score (nSPS) is 15.2. The molecule has 0 spiro atoms. The van der Waals surface area contributed by atoms with Crippen LogP contribution >= 0.6 is 0 Å². The number of carboxylic acids is 2. The summed E-state index contributed by atoms with van der Waals surface area (Å²) < 4.78 is 0. The van der Waals surface area contributed by atoms with Crippen molar-refractivity contribution < 1.29 is 19.8 Å². The summed E-state index contributed by atoms with van der Waals surface area (Å²) in [7, 11) is 0. The van der Waals surface area contributed by atoms with E-state index < -0.39 is 11.9 Å². The molecule has 0 atom stereocenters. The standard InChI is InChI=1S/C10H14N2O4/c13-9(14)3-1-7-5-12-8(6-11-7)2-4-10(15)16/h1-6H2,(H,13,14)(H,15,16)/p-2. The highest BCUT2D eigenvalue weighted by Gasteiger charge is 2.08. The summed E-state index contributed by atoms with van der Waals surface area (Å²) >= 11 is 0. The van der Waals surface area contributed by atoms with Gasteiger partial charge in [0.1, 0.15) is 0 Å². The molecule has 0 bridgehead atoms. The third-order valence-corrected chi connectivity index (χ3v) is 2.21. The molecule has 88 valence electrons. The molecule has 1 aliphatic rings. The third kappa shape index (κ3) is 4.68. The van der Waals surface area contributed by atoms with Crippen LogP contribution in [-0.4, -0.2) is 36.5 Å². The SMILES string of the molecule is O=C([O-])CCC1=NCC(CCC(=O)[O-])=NC1. The van der Waals surface area contributed by atoms with E-state index in [1.807, 2.05) is 0 Å². The number of carbonyl (C=O) groups is 2. The highest BCUT2D eigenvalue weighted by molar-refractivity contribution is 5.98. The van der Waals surface area contributed by atoms with Crippen LogP contribution < -0.4 is 10.2 Å². The Hall–Kier alpha value is -1.72. The van der Waals surface area contributed by atoms with Gasteiger partial charge in [0.05, 0.1) is 13.1 Å². The summed E-state index contributed by atoms with van der Waals surface area (Å²) in [5.41, 5.74) is 1.45. The Kier molecular flexibility index (Phi) is 4.63. The van der Waals surface area contributed by atoms with Crippen molar-refractivity contribution in [1.82, 2.24) is 0 Å². The second-order valence-electron chi connectivity index (χ2n) is 3.51. The smallest absolute Gasteiger partial charge is 0.0768 e. The number of carboxylic acid groups (broad SMARTS) is 2. The quantitative estimate of drug-likeness (QED) is 0.517. The fourth-order valence-electron chi connectivity index (χ4n) is 1.32. The number of carbonyl (C=O) groups excluding carboxylic acids is 2. The molecule has 1 heterocycles. The van der Waals surface area contributed by atoms with E-state index in [9.17, 15) is 19.8 Å². The minimum atomic E-state index is -1.10. The van der Waals surface area contributed by atoms with Gasteiger partial charge >= 0.3 is 0 Å². The predicted octanol–water partition coefficient (Wildman–Crippen LogP) is -2.06. The molecule has 0 fully saturated rings. The number of aliphatic carboxylic acids is 2. The van der Waals surface area contributed by atoms with Crippen molar-refractivity contribution >= 4 is 23.4 Å². The molecule has 6 nitrogen and oxygen atoms in total. The van der Waals surface area contributed by atoms with Crippen molar-refractivity contribution in [3.8, 4) is 0 Å². The van der Waals surface area contributed by atoms with Gasteiger partial charge in [-0.1, -0.05) is 0 Å². The van der Waals surface area contributed by atoms with E-state index in [0.29, 0.717) is 25.9 Å². The summed E-state index contributed by atoms with van der Waals surface area (Å²) in [4.78, 5) is 28.7. The third-order valence-electron chi connectivity index (χ3n) is 2.21. The summed E-state index contributed by atoms with van der Waals surface area (Å²) in [5.74, 6) is -2.20. The van der Waals surface area contributed by atoms with Gasteiger partial charge in [0, 0.05) is 23.4 Å². The van der Waals surface area contributed by atoms with Gasteiger partial charge in [0.25, 0.3) is 0 Å². The van der Waals surface area contributed by atoms with Crippen LogP contribution in [0.3, 0.4) is 0 Å². The van der Waals surface area contributed by atoms with Crippen LogP contribution in [0.5, 0.6) is 0 Å². The fourth-order valence-corrected chi connectivity index (χ4v) is 1.32. The van der Waals surface area contributed by atoms with Gasteiger partial charge in [-0.2, -0.15) is 0 Å². The largest absolute Gasteiger partial charge is 0.550 e. The molecule has 1 rings (SSSR count). The summed E-state index contributed by atoms with van der Waals surface area (Å²) in [6, 6.07) is 0. The fraction of sp³-hybridized carbons (Fsp3) is 0.600. The Balaban J connectivity index is 2.29. The Morgan fingerprint density at radius 3 is 1.56 bits per heavy atom. The van der Waals surface area contributed by atoms with Crippen LogP contribution in [0.4, 0.5) is 0 Å². The molecule has 0 unspecified atom stereocenters. The van der Waals surface area contributed by atoms with E-state index in [-0.39, 0.29) is 12.8 Å². The number of aliphatic imine (C=N–C) groups is 2. The average Bonchev–Trinajstić information content (AvgIpc) is 2.25. The molecular formula is C10H12N2O4-2.